The smallest absolute Gasteiger partial charge is 0.273 e. The predicted molar refractivity (Wildman–Crippen MR) is 101 cm³/mol. The van der Waals surface area contributed by atoms with Gasteiger partial charge in [-0.2, -0.15) is 5.10 Å². The lowest BCUT2D eigenvalue weighted by molar-refractivity contribution is 0.0796. The van der Waals surface area contributed by atoms with Crippen molar-refractivity contribution in [2.45, 2.75) is 0 Å². The van der Waals surface area contributed by atoms with Gasteiger partial charge in [0.2, 0.25) is 0 Å². The molecule has 1 aliphatic rings. The maximum absolute atomic E-state index is 13.0. The largest absolute Gasteiger partial charge is 0.491 e. The average Bonchev–Trinajstić information content (AvgIpc) is 3.14. The summed E-state index contributed by atoms with van der Waals surface area (Å²) in [5, 5.41) is 9.51. The van der Waals surface area contributed by atoms with Crippen molar-refractivity contribution in [2.24, 2.45) is 0 Å². The van der Waals surface area contributed by atoms with E-state index in [1.54, 1.807) is 48.3 Å². The summed E-state index contributed by atoms with van der Waals surface area (Å²) < 4.78 is 18.6. The summed E-state index contributed by atoms with van der Waals surface area (Å²) in [6.45, 7) is 0.913. The molecule has 1 aromatic heterocycles. The number of ether oxygens (including phenoxy) is 1. The van der Waals surface area contributed by atoms with E-state index in [0.717, 1.165) is 0 Å². The normalized spacial score (nSPS) is 13.5. The molecule has 1 aliphatic heterocycles. The number of benzene rings is 2. The summed E-state index contributed by atoms with van der Waals surface area (Å²) in [6, 6.07) is 12.3. The number of aromatic nitrogens is 2. The quantitative estimate of drug-likeness (QED) is 0.731. The molecule has 0 radical (unpaired) electrons. The Hall–Kier alpha value is -3.68. The van der Waals surface area contributed by atoms with Crippen LogP contribution in [0.1, 0.15) is 20.8 Å². The van der Waals surface area contributed by atoms with Crippen molar-refractivity contribution in [1.82, 2.24) is 15.1 Å². The number of hydrogen-bond acceptors (Lipinski definition) is 4. The van der Waals surface area contributed by atoms with E-state index in [9.17, 15) is 14.0 Å². The average molecular weight is 380 g/mol. The van der Waals surface area contributed by atoms with Crippen molar-refractivity contribution >= 4 is 17.5 Å². The highest BCUT2D eigenvalue weighted by atomic mass is 19.1. The van der Waals surface area contributed by atoms with Crippen LogP contribution in [0.4, 0.5) is 10.1 Å². The van der Waals surface area contributed by atoms with Gasteiger partial charge in [-0.25, -0.2) is 4.39 Å². The molecule has 8 heteroatoms. The minimum Gasteiger partial charge on any atom is -0.491 e. The first-order valence-corrected chi connectivity index (χ1v) is 8.66. The highest BCUT2D eigenvalue weighted by molar-refractivity contribution is 6.05. The zero-order valence-corrected chi connectivity index (χ0v) is 15.0. The first-order chi connectivity index (χ1) is 13.5. The van der Waals surface area contributed by atoms with Gasteiger partial charge in [-0.3, -0.25) is 14.7 Å². The lowest BCUT2D eigenvalue weighted by atomic mass is 10.1. The van der Waals surface area contributed by atoms with Crippen molar-refractivity contribution in [1.29, 1.82) is 0 Å². The van der Waals surface area contributed by atoms with Gasteiger partial charge in [0.25, 0.3) is 11.8 Å². The van der Waals surface area contributed by atoms with E-state index in [0.29, 0.717) is 41.4 Å². The van der Waals surface area contributed by atoms with Gasteiger partial charge in [0, 0.05) is 18.3 Å². The molecule has 0 saturated carbocycles. The van der Waals surface area contributed by atoms with Crippen LogP contribution < -0.4 is 10.1 Å². The van der Waals surface area contributed by atoms with Gasteiger partial charge in [-0.05, 0) is 48.5 Å². The molecule has 3 aromatic rings. The maximum Gasteiger partial charge on any atom is 0.273 e. The number of carbonyl (C=O) groups excluding carboxylic acids is 2. The second-order valence-electron chi connectivity index (χ2n) is 6.41. The molecule has 0 saturated heterocycles. The van der Waals surface area contributed by atoms with Crippen LogP contribution in [0.25, 0.3) is 11.3 Å². The highest BCUT2D eigenvalue weighted by Gasteiger charge is 2.22. The molecular weight excluding hydrogens is 363 g/mol. The second kappa shape index (κ2) is 7.15. The van der Waals surface area contributed by atoms with E-state index in [1.807, 2.05) is 0 Å². The molecule has 0 spiro atoms. The lowest BCUT2D eigenvalue weighted by Gasteiger charge is -2.13. The monoisotopic (exact) mass is 380 g/mol. The van der Waals surface area contributed by atoms with Crippen LogP contribution >= 0.6 is 0 Å². The Morgan fingerprint density at radius 3 is 2.79 bits per heavy atom. The van der Waals surface area contributed by atoms with E-state index in [4.69, 9.17) is 4.74 Å². The maximum atomic E-state index is 13.0. The van der Waals surface area contributed by atoms with Crippen LogP contribution in [0, 0.1) is 5.82 Å². The fourth-order valence-corrected chi connectivity index (χ4v) is 2.91. The van der Waals surface area contributed by atoms with Gasteiger partial charge in [-0.15, -0.1) is 0 Å². The molecule has 2 heterocycles. The molecule has 2 amide bonds. The van der Waals surface area contributed by atoms with Crippen LogP contribution in [0.15, 0.2) is 48.5 Å². The standard InChI is InChI=1S/C20H17FN4O3/c1-25-8-9-28-18-7-6-14(10-15(18)20(25)27)22-19(26)17-11-16(23-24-17)12-2-4-13(21)5-3-12/h2-7,10-11H,8-9H2,1H3,(H,22,26)(H,23,24). The van der Waals surface area contributed by atoms with Crippen molar-refractivity contribution < 1.29 is 18.7 Å². The number of fused-ring (bicyclic) bond motifs is 1. The van der Waals surface area contributed by atoms with E-state index < -0.39 is 5.91 Å². The van der Waals surface area contributed by atoms with Crippen molar-refractivity contribution in [3.05, 3.63) is 65.6 Å². The molecule has 0 bridgehead atoms. The van der Waals surface area contributed by atoms with Gasteiger partial charge in [-0.1, -0.05) is 0 Å². The number of aromatic amines is 1. The second-order valence-corrected chi connectivity index (χ2v) is 6.41. The van der Waals surface area contributed by atoms with E-state index in [-0.39, 0.29) is 17.4 Å². The number of nitrogens with one attached hydrogen (secondary N) is 2. The molecule has 4 rings (SSSR count). The van der Waals surface area contributed by atoms with Gasteiger partial charge < -0.3 is 15.0 Å². The molecular formula is C20H17FN4O3. The third kappa shape index (κ3) is 3.44. The van der Waals surface area contributed by atoms with Crippen molar-refractivity contribution in [2.75, 3.05) is 25.5 Å². The zero-order valence-electron chi connectivity index (χ0n) is 15.0. The Bertz CT molecular complexity index is 1050. The van der Waals surface area contributed by atoms with Crippen LogP contribution in [0.3, 0.4) is 0 Å². The topological polar surface area (TPSA) is 87.3 Å². The Morgan fingerprint density at radius 1 is 1.21 bits per heavy atom. The number of halogens is 1. The number of H-pyrrole nitrogens is 1. The van der Waals surface area contributed by atoms with Crippen LogP contribution in [-0.2, 0) is 0 Å². The van der Waals surface area contributed by atoms with Gasteiger partial charge in [0.05, 0.1) is 17.8 Å². The number of hydrogen-bond donors (Lipinski definition) is 2. The molecule has 0 aliphatic carbocycles. The lowest BCUT2D eigenvalue weighted by Crippen LogP contribution is -2.27. The first kappa shape index (κ1) is 17.7. The van der Waals surface area contributed by atoms with Crippen LogP contribution in [-0.4, -0.2) is 47.1 Å². The summed E-state index contributed by atoms with van der Waals surface area (Å²) in [6.07, 6.45) is 0. The van der Waals surface area contributed by atoms with Crippen LogP contribution in [0.5, 0.6) is 5.75 Å². The van der Waals surface area contributed by atoms with Crippen LogP contribution in [0.2, 0.25) is 0 Å². The van der Waals surface area contributed by atoms with Crippen molar-refractivity contribution in [3.8, 4) is 17.0 Å². The molecule has 2 N–H and O–H groups in total. The zero-order chi connectivity index (χ0) is 19.7. The number of likely N-dealkylation sites (N-methyl/N-ethyl adjacent to an activating group) is 1. The summed E-state index contributed by atoms with van der Waals surface area (Å²) in [7, 11) is 1.70. The summed E-state index contributed by atoms with van der Waals surface area (Å²) in [4.78, 5) is 26.5. The Balaban J connectivity index is 1.54. The number of anilines is 1. The van der Waals surface area contributed by atoms with Crippen molar-refractivity contribution in [3.63, 3.8) is 0 Å². The third-order valence-electron chi connectivity index (χ3n) is 4.46. The number of rotatable bonds is 3. The third-order valence-corrected chi connectivity index (χ3v) is 4.46. The minimum absolute atomic E-state index is 0.163. The van der Waals surface area contributed by atoms with E-state index in [2.05, 4.69) is 15.5 Å². The fraction of sp³-hybridized carbons (Fsp3) is 0.150. The van der Waals surface area contributed by atoms with E-state index in [1.165, 1.54) is 12.1 Å². The van der Waals surface area contributed by atoms with Gasteiger partial charge in [0.15, 0.2) is 0 Å². The molecule has 0 fully saturated rings. The number of nitrogens with zero attached hydrogens (tertiary/aromatic N) is 2. The Morgan fingerprint density at radius 2 is 2.00 bits per heavy atom. The molecule has 0 unspecified atom stereocenters. The fourth-order valence-electron chi connectivity index (χ4n) is 2.91. The molecule has 142 valence electrons. The first-order valence-electron chi connectivity index (χ1n) is 8.66. The molecule has 2 aromatic carbocycles. The minimum atomic E-state index is -0.406. The highest BCUT2D eigenvalue weighted by Crippen LogP contribution is 2.26. The Kier molecular flexibility index (Phi) is 4.52. The SMILES string of the molecule is CN1CCOc2ccc(NC(=O)c3cc(-c4ccc(F)cc4)n[nH]3)cc2C1=O. The number of carbonyl (C=O) groups is 2. The van der Waals surface area contributed by atoms with E-state index >= 15 is 0 Å². The Labute approximate surface area is 160 Å². The van der Waals surface area contributed by atoms with Gasteiger partial charge in [0.1, 0.15) is 23.9 Å². The number of amides is 2. The summed E-state index contributed by atoms with van der Waals surface area (Å²) >= 11 is 0. The molecule has 7 nitrogen and oxygen atoms in total. The summed E-state index contributed by atoms with van der Waals surface area (Å²) in [5.41, 5.74) is 2.32. The molecule has 0 atom stereocenters. The predicted octanol–water partition coefficient (Wildman–Crippen LogP) is 2.93. The summed E-state index contributed by atoms with van der Waals surface area (Å²) in [5.74, 6) is -0.419. The van der Waals surface area contributed by atoms with Gasteiger partial charge >= 0.3 is 0 Å². The molecule has 28 heavy (non-hydrogen) atoms.